The molecular weight excluding hydrogens is 224 g/mol. The largest absolute Gasteiger partial charge is 0.324 e. The fourth-order valence-electron chi connectivity index (χ4n) is 2.50. The van der Waals surface area contributed by atoms with E-state index < -0.39 is 0 Å². The second-order valence-corrected chi connectivity index (χ2v) is 6.39. The summed E-state index contributed by atoms with van der Waals surface area (Å²) in [5.41, 5.74) is 9.71. The summed E-state index contributed by atoms with van der Waals surface area (Å²) >= 11 is 0. The van der Waals surface area contributed by atoms with Crippen LogP contribution in [-0.4, -0.2) is 13.0 Å². The predicted molar refractivity (Wildman–Crippen MR) is 74.6 cm³/mol. The number of carbonyl (C=O) groups excluding carboxylic acids is 1. The summed E-state index contributed by atoms with van der Waals surface area (Å²) in [7, 11) is 1.82. The lowest BCUT2D eigenvalue weighted by Crippen LogP contribution is -2.20. The maximum Gasteiger partial charge on any atom is 0.231 e. The molecule has 1 heterocycles. The highest BCUT2D eigenvalue weighted by Crippen LogP contribution is 2.33. The van der Waals surface area contributed by atoms with Crippen molar-refractivity contribution >= 4 is 11.6 Å². The number of hydrogen-bond acceptors (Lipinski definition) is 2. The van der Waals surface area contributed by atoms with E-state index in [1.807, 2.05) is 19.2 Å². The van der Waals surface area contributed by atoms with Gasteiger partial charge in [0.05, 0.1) is 6.42 Å². The molecule has 1 aliphatic heterocycles. The summed E-state index contributed by atoms with van der Waals surface area (Å²) in [4.78, 5) is 13.4. The van der Waals surface area contributed by atoms with Gasteiger partial charge < -0.3 is 10.6 Å². The van der Waals surface area contributed by atoms with Gasteiger partial charge >= 0.3 is 0 Å². The van der Waals surface area contributed by atoms with Gasteiger partial charge in [0.2, 0.25) is 5.91 Å². The van der Waals surface area contributed by atoms with Crippen molar-refractivity contribution < 1.29 is 4.79 Å². The standard InChI is InChI=1S/C15H22N2O/c1-15(2,3)9-12(16)10-5-6-13-11(7-10)8-14(18)17(13)4/h5-7,12H,8-9,16H2,1-4H3. The molecule has 0 saturated heterocycles. The highest BCUT2D eigenvalue weighted by atomic mass is 16.2. The van der Waals surface area contributed by atoms with Crippen LogP contribution in [0.4, 0.5) is 5.69 Å². The Morgan fingerprint density at radius 3 is 2.67 bits per heavy atom. The molecule has 0 aliphatic carbocycles. The lowest BCUT2D eigenvalue weighted by Gasteiger charge is -2.23. The van der Waals surface area contributed by atoms with Crippen LogP contribution in [0.25, 0.3) is 0 Å². The second kappa shape index (κ2) is 4.39. The topological polar surface area (TPSA) is 46.3 Å². The van der Waals surface area contributed by atoms with Gasteiger partial charge in [-0.15, -0.1) is 0 Å². The van der Waals surface area contributed by atoms with E-state index in [1.165, 1.54) is 0 Å². The molecule has 2 N–H and O–H groups in total. The first-order valence-corrected chi connectivity index (χ1v) is 6.43. The summed E-state index contributed by atoms with van der Waals surface area (Å²) in [6, 6.07) is 6.19. The molecule has 0 radical (unpaired) electrons. The number of fused-ring (bicyclic) bond motifs is 1. The Morgan fingerprint density at radius 2 is 2.06 bits per heavy atom. The van der Waals surface area contributed by atoms with Gasteiger partial charge in [-0.1, -0.05) is 32.9 Å². The third kappa shape index (κ3) is 2.56. The average Bonchev–Trinajstić information content (AvgIpc) is 2.52. The Morgan fingerprint density at radius 1 is 1.39 bits per heavy atom. The van der Waals surface area contributed by atoms with E-state index in [4.69, 9.17) is 5.73 Å². The van der Waals surface area contributed by atoms with Gasteiger partial charge in [-0.3, -0.25) is 4.79 Å². The quantitative estimate of drug-likeness (QED) is 0.872. The molecule has 98 valence electrons. The predicted octanol–water partition coefficient (Wildman–Crippen LogP) is 2.64. The van der Waals surface area contributed by atoms with E-state index in [2.05, 4.69) is 26.8 Å². The van der Waals surface area contributed by atoms with Crippen LogP contribution in [-0.2, 0) is 11.2 Å². The van der Waals surface area contributed by atoms with Crippen LogP contribution in [0, 0.1) is 5.41 Å². The number of nitrogens with zero attached hydrogens (tertiary/aromatic N) is 1. The summed E-state index contributed by atoms with van der Waals surface area (Å²) in [6.07, 6.45) is 1.44. The van der Waals surface area contributed by atoms with E-state index in [0.29, 0.717) is 6.42 Å². The third-order valence-corrected chi connectivity index (χ3v) is 3.44. The highest BCUT2D eigenvalue weighted by Gasteiger charge is 2.25. The Labute approximate surface area is 109 Å². The van der Waals surface area contributed by atoms with Crippen LogP contribution >= 0.6 is 0 Å². The van der Waals surface area contributed by atoms with Crippen molar-refractivity contribution in [3.05, 3.63) is 29.3 Å². The zero-order valence-corrected chi connectivity index (χ0v) is 11.7. The highest BCUT2D eigenvalue weighted by molar-refractivity contribution is 6.00. The number of benzene rings is 1. The van der Waals surface area contributed by atoms with E-state index in [9.17, 15) is 4.79 Å². The van der Waals surface area contributed by atoms with E-state index in [0.717, 1.165) is 23.2 Å². The Kier molecular flexibility index (Phi) is 3.20. The van der Waals surface area contributed by atoms with Gasteiger partial charge in [0.15, 0.2) is 0 Å². The van der Waals surface area contributed by atoms with Crippen LogP contribution in [0.15, 0.2) is 18.2 Å². The minimum Gasteiger partial charge on any atom is -0.324 e. The summed E-state index contributed by atoms with van der Waals surface area (Å²) in [5, 5.41) is 0. The first-order valence-electron chi connectivity index (χ1n) is 6.43. The number of carbonyl (C=O) groups is 1. The number of hydrogen-bond donors (Lipinski definition) is 1. The van der Waals surface area contributed by atoms with Crippen LogP contribution < -0.4 is 10.6 Å². The fourth-order valence-corrected chi connectivity index (χ4v) is 2.50. The molecule has 3 nitrogen and oxygen atoms in total. The molecule has 1 amide bonds. The minimum atomic E-state index is 0.0382. The molecule has 2 rings (SSSR count). The van der Waals surface area contributed by atoms with Crippen molar-refractivity contribution in [3.63, 3.8) is 0 Å². The number of nitrogens with two attached hydrogens (primary N) is 1. The summed E-state index contributed by atoms with van der Waals surface area (Å²) < 4.78 is 0. The number of amides is 1. The molecule has 0 fully saturated rings. The van der Waals surface area contributed by atoms with Crippen molar-refractivity contribution in [2.24, 2.45) is 11.1 Å². The van der Waals surface area contributed by atoms with Crippen molar-refractivity contribution in [2.45, 2.75) is 39.7 Å². The van der Waals surface area contributed by atoms with Gasteiger partial charge in [-0.25, -0.2) is 0 Å². The van der Waals surface area contributed by atoms with Crippen molar-refractivity contribution in [1.29, 1.82) is 0 Å². The lowest BCUT2D eigenvalue weighted by molar-refractivity contribution is -0.117. The monoisotopic (exact) mass is 246 g/mol. The van der Waals surface area contributed by atoms with Crippen LogP contribution in [0.5, 0.6) is 0 Å². The van der Waals surface area contributed by atoms with E-state index >= 15 is 0 Å². The van der Waals surface area contributed by atoms with E-state index in [-0.39, 0.29) is 17.4 Å². The molecule has 1 atom stereocenters. The molecule has 1 aromatic carbocycles. The lowest BCUT2D eigenvalue weighted by atomic mass is 9.85. The van der Waals surface area contributed by atoms with Gasteiger partial charge in [0.25, 0.3) is 0 Å². The Balaban J connectivity index is 2.23. The number of rotatable bonds is 2. The number of anilines is 1. The maximum absolute atomic E-state index is 11.6. The molecular formula is C15H22N2O. The zero-order chi connectivity index (χ0) is 13.5. The maximum atomic E-state index is 11.6. The molecule has 0 aromatic heterocycles. The van der Waals surface area contributed by atoms with Gasteiger partial charge in [-0.2, -0.15) is 0 Å². The minimum absolute atomic E-state index is 0.0382. The van der Waals surface area contributed by atoms with Crippen molar-refractivity contribution in [1.82, 2.24) is 0 Å². The first kappa shape index (κ1) is 13.1. The summed E-state index contributed by atoms with van der Waals surface area (Å²) in [5.74, 6) is 0.159. The van der Waals surface area contributed by atoms with Crippen LogP contribution in [0.3, 0.4) is 0 Å². The zero-order valence-electron chi connectivity index (χ0n) is 11.7. The fraction of sp³-hybridized carbons (Fsp3) is 0.533. The van der Waals surface area contributed by atoms with Crippen molar-refractivity contribution in [3.8, 4) is 0 Å². The summed E-state index contributed by atoms with van der Waals surface area (Å²) in [6.45, 7) is 6.58. The van der Waals surface area contributed by atoms with Crippen LogP contribution in [0.1, 0.15) is 44.4 Å². The Hall–Kier alpha value is -1.35. The van der Waals surface area contributed by atoms with E-state index in [1.54, 1.807) is 4.90 Å². The molecule has 1 aromatic rings. The molecule has 3 heteroatoms. The molecule has 1 aliphatic rings. The first-order chi connectivity index (χ1) is 8.28. The average molecular weight is 246 g/mol. The molecule has 0 bridgehead atoms. The van der Waals surface area contributed by atoms with Crippen LogP contribution in [0.2, 0.25) is 0 Å². The SMILES string of the molecule is CN1C(=O)Cc2cc(C(N)CC(C)(C)C)ccc21. The van der Waals surface area contributed by atoms with Gasteiger partial charge in [0.1, 0.15) is 0 Å². The van der Waals surface area contributed by atoms with Gasteiger partial charge in [-0.05, 0) is 29.0 Å². The molecule has 0 spiro atoms. The number of likely N-dealkylation sites (N-methyl/N-ethyl adjacent to an activating group) is 1. The smallest absolute Gasteiger partial charge is 0.231 e. The second-order valence-electron chi connectivity index (χ2n) is 6.39. The van der Waals surface area contributed by atoms with Gasteiger partial charge in [0, 0.05) is 18.8 Å². The van der Waals surface area contributed by atoms with Crippen molar-refractivity contribution in [2.75, 3.05) is 11.9 Å². The molecule has 18 heavy (non-hydrogen) atoms. The third-order valence-electron chi connectivity index (χ3n) is 3.44. The molecule has 0 saturated carbocycles. The normalized spacial score (nSPS) is 16.9. The Bertz CT molecular complexity index is 474. The molecule has 1 unspecified atom stereocenters.